The van der Waals surface area contributed by atoms with E-state index in [0.717, 1.165) is 18.5 Å². The van der Waals surface area contributed by atoms with Crippen molar-refractivity contribution in [1.82, 2.24) is 5.32 Å². The molecule has 0 unspecified atom stereocenters. The van der Waals surface area contributed by atoms with Crippen LogP contribution in [0.5, 0.6) is 0 Å². The van der Waals surface area contributed by atoms with Gasteiger partial charge in [-0.05, 0) is 25.6 Å². The Hall–Kier alpha value is -0.570. The monoisotopic (exact) mass is 201 g/mol. The van der Waals surface area contributed by atoms with Crippen molar-refractivity contribution in [2.45, 2.75) is 12.5 Å². The Bertz CT molecular complexity index is 215. The normalized spacial score (nSPS) is 11.8. The highest BCUT2D eigenvalue weighted by Gasteiger charge is 2.04. The average molecular weight is 202 g/mol. The predicted octanol–water partition coefficient (Wildman–Crippen LogP) is 1.75. The highest BCUT2D eigenvalue weighted by Crippen LogP contribution is 2.14. The molecule has 0 fully saturated rings. The van der Waals surface area contributed by atoms with Gasteiger partial charge in [0.1, 0.15) is 0 Å². The molecule has 0 aromatic heterocycles. The van der Waals surface area contributed by atoms with Gasteiger partial charge in [-0.25, -0.2) is 0 Å². The van der Waals surface area contributed by atoms with E-state index in [-0.39, 0.29) is 18.5 Å². The van der Waals surface area contributed by atoms with Gasteiger partial charge in [-0.3, -0.25) is 0 Å². The molecule has 3 heteroatoms. The number of halogens is 1. The van der Waals surface area contributed by atoms with Crippen molar-refractivity contribution < 1.29 is 5.11 Å². The molecule has 1 atom stereocenters. The molecule has 0 radical (unpaired) electrons. The zero-order valence-corrected chi connectivity index (χ0v) is 8.55. The number of rotatable bonds is 4. The van der Waals surface area contributed by atoms with E-state index >= 15 is 0 Å². The average Bonchev–Trinajstić information content (AvgIpc) is 2.15. The molecule has 0 saturated carbocycles. The second-order valence-corrected chi connectivity index (χ2v) is 2.82. The van der Waals surface area contributed by atoms with E-state index in [2.05, 4.69) is 5.32 Å². The van der Waals surface area contributed by atoms with Gasteiger partial charge in [0.15, 0.2) is 0 Å². The third-order valence-electron chi connectivity index (χ3n) is 1.85. The molecule has 0 spiro atoms. The van der Waals surface area contributed by atoms with Crippen LogP contribution in [0.1, 0.15) is 18.1 Å². The summed E-state index contributed by atoms with van der Waals surface area (Å²) >= 11 is 0. The van der Waals surface area contributed by atoms with E-state index in [1.54, 1.807) is 0 Å². The topological polar surface area (TPSA) is 32.3 Å². The van der Waals surface area contributed by atoms with Gasteiger partial charge >= 0.3 is 0 Å². The highest BCUT2D eigenvalue weighted by atomic mass is 35.5. The van der Waals surface area contributed by atoms with E-state index in [1.165, 1.54) is 0 Å². The molecule has 1 rings (SSSR count). The molecule has 2 N–H and O–H groups in total. The van der Waals surface area contributed by atoms with Crippen molar-refractivity contribution in [2.24, 2.45) is 0 Å². The fourth-order valence-corrected chi connectivity index (χ4v) is 1.12. The summed E-state index contributed by atoms with van der Waals surface area (Å²) in [4.78, 5) is 0. The summed E-state index contributed by atoms with van der Waals surface area (Å²) in [6.45, 7) is 0.843. The van der Waals surface area contributed by atoms with Crippen LogP contribution in [0.2, 0.25) is 0 Å². The summed E-state index contributed by atoms with van der Waals surface area (Å²) in [6, 6.07) is 9.73. The molecule has 0 aliphatic heterocycles. The van der Waals surface area contributed by atoms with Crippen molar-refractivity contribution >= 4 is 12.4 Å². The number of benzene rings is 1. The zero-order valence-electron chi connectivity index (χ0n) is 7.73. The van der Waals surface area contributed by atoms with Crippen LogP contribution in [-0.4, -0.2) is 18.7 Å². The fourth-order valence-electron chi connectivity index (χ4n) is 1.12. The molecule has 74 valence electrons. The Morgan fingerprint density at radius 2 is 1.92 bits per heavy atom. The minimum atomic E-state index is -0.335. The Morgan fingerprint density at radius 1 is 1.31 bits per heavy atom. The van der Waals surface area contributed by atoms with Crippen LogP contribution < -0.4 is 5.32 Å². The molecule has 0 bridgehead atoms. The van der Waals surface area contributed by atoms with E-state index in [9.17, 15) is 5.11 Å². The second kappa shape index (κ2) is 6.89. The summed E-state index contributed by atoms with van der Waals surface area (Å²) in [6.07, 6.45) is 0.430. The third kappa shape index (κ3) is 4.27. The maximum absolute atomic E-state index is 9.61. The van der Waals surface area contributed by atoms with Gasteiger partial charge in [0.2, 0.25) is 0 Å². The molecule has 0 aliphatic carbocycles. The van der Waals surface area contributed by atoms with Crippen LogP contribution in [-0.2, 0) is 0 Å². The van der Waals surface area contributed by atoms with Gasteiger partial charge < -0.3 is 10.4 Å². The Morgan fingerprint density at radius 3 is 2.46 bits per heavy atom. The standard InChI is InChI=1S/C10H15NO.ClH/c1-11-8-7-10(12)9-5-3-2-4-6-9;/h2-6,10-12H,7-8H2,1H3;1H/t10-;/m1./s1. The van der Waals surface area contributed by atoms with Crippen molar-refractivity contribution in [3.8, 4) is 0 Å². The van der Waals surface area contributed by atoms with Gasteiger partial charge in [0, 0.05) is 0 Å². The Labute approximate surface area is 85.4 Å². The quantitative estimate of drug-likeness (QED) is 0.778. The maximum Gasteiger partial charge on any atom is 0.0802 e. The van der Waals surface area contributed by atoms with E-state index in [1.807, 2.05) is 37.4 Å². The van der Waals surface area contributed by atoms with Crippen molar-refractivity contribution in [3.05, 3.63) is 35.9 Å². The van der Waals surface area contributed by atoms with Crippen molar-refractivity contribution in [1.29, 1.82) is 0 Å². The van der Waals surface area contributed by atoms with Crippen LogP contribution in [0, 0.1) is 0 Å². The first kappa shape index (κ1) is 12.4. The maximum atomic E-state index is 9.61. The summed E-state index contributed by atoms with van der Waals surface area (Å²) in [5, 5.41) is 12.6. The first-order chi connectivity index (χ1) is 5.84. The number of nitrogens with one attached hydrogen (secondary N) is 1. The second-order valence-electron chi connectivity index (χ2n) is 2.82. The molecule has 0 amide bonds. The lowest BCUT2D eigenvalue weighted by molar-refractivity contribution is 0.168. The largest absolute Gasteiger partial charge is 0.388 e. The molecule has 1 aromatic rings. The SMILES string of the molecule is CNCC[C@@H](O)c1ccccc1.Cl. The van der Waals surface area contributed by atoms with Crippen LogP contribution in [0.25, 0.3) is 0 Å². The summed E-state index contributed by atoms with van der Waals surface area (Å²) in [5.41, 5.74) is 0.993. The van der Waals surface area contributed by atoms with Gasteiger partial charge in [-0.15, -0.1) is 12.4 Å². The van der Waals surface area contributed by atoms with Crippen LogP contribution in [0.15, 0.2) is 30.3 Å². The first-order valence-electron chi connectivity index (χ1n) is 4.22. The molecule has 0 heterocycles. The fraction of sp³-hybridized carbons (Fsp3) is 0.400. The molecule has 0 saturated heterocycles. The lowest BCUT2D eigenvalue weighted by Crippen LogP contribution is -2.11. The van der Waals surface area contributed by atoms with Crippen LogP contribution in [0.3, 0.4) is 0 Å². The predicted molar refractivity (Wildman–Crippen MR) is 57.2 cm³/mol. The zero-order chi connectivity index (χ0) is 8.81. The molecule has 2 nitrogen and oxygen atoms in total. The van der Waals surface area contributed by atoms with Crippen LogP contribution >= 0.6 is 12.4 Å². The first-order valence-corrected chi connectivity index (χ1v) is 4.22. The highest BCUT2D eigenvalue weighted by molar-refractivity contribution is 5.85. The summed E-state index contributed by atoms with van der Waals surface area (Å²) < 4.78 is 0. The summed E-state index contributed by atoms with van der Waals surface area (Å²) in [5.74, 6) is 0. The molecule has 13 heavy (non-hydrogen) atoms. The lowest BCUT2D eigenvalue weighted by atomic mass is 10.1. The number of hydrogen-bond donors (Lipinski definition) is 2. The molecule has 0 aliphatic rings. The Kier molecular flexibility index (Phi) is 6.59. The number of hydrogen-bond acceptors (Lipinski definition) is 2. The number of aliphatic hydroxyl groups is 1. The smallest absolute Gasteiger partial charge is 0.0802 e. The van der Waals surface area contributed by atoms with Crippen molar-refractivity contribution in [3.63, 3.8) is 0 Å². The molecular formula is C10H16ClNO. The number of aliphatic hydroxyl groups excluding tert-OH is 1. The summed E-state index contributed by atoms with van der Waals surface area (Å²) in [7, 11) is 1.89. The Balaban J connectivity index is 0.00000144. The van der Waals surface area contributed by atoms with Gasteiger partial charge in [0.25, 0.3) is 0 Å². The lowest BCUT2D eigenvalue weighted by Gasteiger charge is -2.09. The van der Waals surface area contributed by atoms with Gasteiger partial charge in [-0.1, -0.05) is 30.3 Å². The third-order valence-corrected chi connectivity index (χ3v) is 1.85. The van der Waals surface area contributed by atoms with E-state index in [4.69, 9.17) is 0 Å². The minimum Gasteiger partial charge on any atom is -0.388 e. The molecule has 1 aromatic carbocycles. The van der Waals surface area contributed by atoms with E-state index < -0.39 is 0 Å². The molecular weight excluding hydrogens is 186 g/mol. The van der Waals surface area contributed by atoms with Gasteiger partial charge in [-0.2, -0.15) is 0 Å². The van der Waals surface area contributed by atoms with E-state index in [0.29, 0.717) is 0 Å². The van der Waals surface area contributed by atoms with Crippen LogP contribution in [0.4, 0.5) is 0 Å². The minimum absolute atomic E-state index is 0. The van der Waals surface area contributed by atoms with Gasteiger partial charge in [0.05, 0.1) is 6.10 Å². The van der Waals surface area contributed by atoms with Crippen molar-refractivity contribution in [2.75, 3.05) is 13.6 Å².